The molecule has 6 aliphatic rings. The van der Waals surface area contributed by atoms with Crippen molar-refractivity contribution in [1.29, 1.82) is 0 Å². The molecule has 0 unspecified atom stereocenters. The maximum absolute atomic E-state index is 11.3. The summed E-state index contributed by atoms with van der Waals surface area (Å²) in [6.07, 6.45) is 11.6. The minimum atomic E-state index is 0.208. The van der Waals surface area contributed by atoms with Gasteiger partial charge in [-0.1, -0.05) is 20.8 Å². The Bertz CT molecular complexity index is 2010. The molecular weight excluding hydrogens is 638 g/mol. The van der Waals surface area contributed by atoms with Crippen LogP contribution in [0, 0.1) is 5.92 Å². The zero-order valence-corrected chi connectivity index (χ0v) is 31.1. The van der Waals surface area contributed by atoms with Crippen LogP contribution < -0.4 is 9.88 Å². The van der Waals surface area contributed by atoms with Crippen molar-refractivity contribution in [2.24, 2.45) is 20.9 Å². The average Bonchev–Trinajstić information content (AvgIpc) is 3.90. The first-order valence-corrected chi connectivity index (χ1v) is 18.4. The first-order valence-electron chi connectivity index (χ1n) is 18.4. The lowest BCUT2D eigenvalue weighted by molar-refractivity contribution is -0.698. The number of fused-ring (bicyclic) bond motifs is 5. The molecule has 9 nitrogen and oxygen atoms in total. The fraction of sp³-hybridized carbons (Fsp3) is 0.429. The van der Waals surface area contributed by atoms with Crippen molar-refractivity contribution in [1.82, 2.24) is 5.32 Å². The smallest absolute Gasteiger partial charge is 0.171 e. The average molecular weight is 689 g/mol. The molecule has 6 heterocycles. The van der Waals surface area contributed by atoms with Gasteiger partial charge < -0.3 is 24.6 Å². The Hall–Kier alpha value is -4.44. The van der Waals surface area contributed by atoms with Gasteiger partial charge in [-0.05, 0) is 85.6 Å². The van der Waals surface area contributed by atoms with E-state index in [-0.39, 0.29) is 5.92 Å². The summed E-state index contributed by atoms with van der Waals surface area (Å²) in [6.45, 7) is 16.7. The van der Waals surface area contributed by atoms with Crippen molar-refractivity contribution in [3.63, 3.8) is 0 Å². The van der Waals surface area contributed by atoms with Gasteiger partial charge in [0, 0.05) is 59.7 Å². The molecule has 0 aromatic carbocycles. The van der Waals surface area contributed by atoms with Crippen LogP contribution in [0.15, 0.2) is 125 Å². The molecule has 1 aromatic rings. The van der Waals surface area contributed by atoms with Gasteiger partial charge in [0.15, 0.2) is 18.9 Å². The summed E-state index contributed by atoms with van der Waals surface area (Å²) in [5.74, 6) is 0.600. The van der Waals surface area contributed by atoms with Crippen molar-refractivity contribution in [3.05, 3.63) is 115 Å². The molecule has 5 aliphatic heterocycles. The number of allylic oxidation sites excluding steroid dienone is 12. The van der Waals surface area contributed by atoms with E-state index in [4.69, 9.17) is 29.2 Å². The first-order chi connectivity index (χ1) is 24.7. The van der Waals surface area contributed by atoms with Crippen LogP contribution in [0.2, 0.25) is 0 Å². The van der Waals surface area contributed by atoms with Crippen LogP contribution in [0.5, 0.6) is 0 Å². The quantitative estimate of drug-likeness (QED) is 0.177. The Morgan fingerprint density at radius 1 is 0.824 bits per heavy atom. The fourth-order valence-corrected chi connectivity index (χ4v) is 7.96. The predicted molar refractivity (Wildman–Crippen MR) is 202 cm³/mol. The number of ether oxygens (including phenoxy) is 3. The Labute approximate surface area is 301 Å². The number of pyridine rings is 1. The second-order valence-electron chi connectivity index (χ2n) is 13.9. The predicted octanol–water partition coefficient (Wildman–Crippen LogP) is 7.34. The zero-order chi connectivity index (χ0) is 35.8. The van der Waals surface area contributed by atoms with E-state index in [2.05, 4.69) is 88.1 Å². The number of nitrogens with one attached hydrogen (secondary N) is 1. The highest BCUT2D eigenvalue weighted by atomic mass is 16.5. The minimum Gasteiger partial charge on any atom is -0.511 e. The van der Waals surface area contributed by atoms with Crippen LogP contribution in [-0.2, 0) is 20.8 Å². The molecule has 51 heavy (non-hydrogen) atoms. The second kappa shape index (κ2) is 14.7. The molecule has 266 valence electrons. The molecule has 1 aromatic heterocycles. The van der Waals surface area contributed by atoms with E-state index < -0.39 is 0 Å². The fourth-order valence-electron chi connectivity index (χ4n) is 7.96. The number of aliphatic hydroxyl groups is 1. The van der Waals surface area contributed by atoms with E-state index in [1.807, 2.05) is 0 Å². The summed E-state index contributed by atoms with van der Waals surface area (Å²) < 4.78 is 18.5. The molecule has 8 bridgehead atoms. The van der Waals surface area contributed by atoms with Crippen molar-refractivity contribution >= 4 is 22.7 Å². The van der Waals surface area contributed by atoms with Gasteiger partial charge in [-0.25, -0.2) is 19.5 Å². The van der Waals surface area contributed by atoms with Gasteiger partial charge in [0.05, 0.1) is 60.7 Å². The Morgan fingerprint density at radius 2 is 1.51 bits per heavy atom. The summed E-state index contributed by atoms with van der Waals surface area (Å²) in [7, 11) is 1.67. The molecule has 0 amide bonds. The maximum Gasteiger partial charge on any atom is 0.171 e. The molecule has 1 fully saturated rings. The van der Waals surface area contributed by atoms with E-state index in [0.29, 0.717) is 45.2 Å². The third kappa shape index (κ3) is 6.47. The molecule has 7 rings (SSSR count). The molecule has 1 atom stereocenters. The lowest BCUT2D eigenvalue weighted by Gasteiger charge is -2.16. The van der Waals surface area contributed by atoms with E-state index in [0.717, 1.165) is 99.3 Å². The lowest BCUT2D eigenvalue weighted by Crippen LogP contribution is -2.35. The highest BCUT2D eigenvalue weighted by Gasteiger charge is 2.38. The highest BCUT2D eigenvalue weighted by molar-refractivity contribution is 6.34. The maximum atomic E-state index is 11.3. The number of aliphatic imine (C=N–C) groups is 3. The topological polar surface area (TPSA) is 101 Å². The first kappa shape index (κ1) is 35.0. The van der Waals surface area contributed by atoms with Gasteiger partial charge in [0.2, 0.25) is 0 Å². The van der Waals surface area contributed by atoms with Crippen LogP contribution in [0.4, 0.5) is 0 Å². The van der Waals surface area contributed by atoms with E-state index in [9.17, 15) is 5.11 Å². The number of hydrogen-bond donors (Lipinski definition) is 2. The summed E-state index contributed by atoms with van der Waals surface area (Å²) in [5.41, 5.74) is 17.9. The standard InChI is InChI=1S/C42H49N5O4/c1-8-29-25(4)32-22-36-30(9-2)26(5)41(46-36)39(28-10-12-47(13-11-28)14-15-50-18-19-51-17-16-49-7)40-24(3)20-34(45-40)31-21-37(48)38-27(6)33(44-42(31)38)23-35(29)43-32/h10-13,22-24H,8-9,14-21H2,1-7H3,(H,43,44,46,48)/p+1/t24-/m0/s1. The van der Waals surface area contributed by atoms with Gasteiger partial charge >= 0.3 is 0 Å². The normalized spacial score (nSPS) is 21.3. The molecule has 1 saturated heterocycles. The number of nitrogens with zero attached hydrogens (tertiary/aromatic N) is 4. The Balaban J connectivity index is 1.31. The zero-order valence-electron chi connectivity index (χ0n) is 31.1. The molecule has 0 saturated carbocycles. The van der Waals surface area contributed by atoms with Crippen molar-refractivity contribution in [2.45, 2.75) is 73.8 Å². The van der Waals surface area contributed by atoms with Gasteiger partial charge in [0.1, 0.15) is 12.4 Å². The monoisotopic (exact) mass is 688 g/mol. The third-order valence-corrected chi connectivity index (χ3v) is 10.8. The largest absolute Gasteiger partial charge is 0.511 e. The van der Waals surface area contributed by atoms with E-state index in [1.165, 1.54) is 22.3 Å². The van der Waals surface area contributed by atoms with Gasteiger partial charge in [0.25, 0.3) is 0 Å². The van der Waals surface area contributed by atoms with E-state index in [1.54, 1.807) is 7.11 Å². The highest BCUT2D eigenvalue weighted by Crippen LogP contribution is 2.45. The molecule has 0 spiro atoms. The van der Waals surface area contributed by atoms with Crippen LogP contribution in [-0.4, -0.2) is 62.4 Å². The molecule has 2 N–H and O–H groups in total. The van der Waals surface area contributed by atoms with Gasteiger partial charge in [-0.3, -0.25) is 0 Å². The molecule has 9 heteroatoms. The number of hydrogen-bond acceptors (Lipinski definition) is 8. The van der Waals surface area contributed by atoms with Crippen LogP contribution in [0.1, 0.15) is 72.8 Å². The number of rotatable bonds is 12. The molecule has 0 radical (unpaired) electrons. The molecule has 1 aliphatic carbocycles. The van der Waals surface area contributed by atoms with E-state index >= 15 is 0 Å². The minimum absolute atomic E-state index is 0.208. The van der Waals surface area contributed by atoms with Gasteiger partial charge in [-0.2, -0.15) is 0 Å². The van der Waals surface area contributed by atoms with Crippen LogP contribution >= 0.6 is 0 Å². The summed E-state index contributed by atoms with van der Waals surface area (Å²) in [4.78, 5) is 15.8. The van der Waals surface area contributed by atoms with Crippen LogP contribution in [0.25, 0.3) is 5.57 Å². The van der Waals surface area contributed by atoms with Crippen molar-refractivity contribution in [3.8, 4) is 0 Å². The van der Waals surface area contributed by atoms with Crippen LogP contribution in [0.3, 0.4) is 0 Å². The Kier molecular flexibility index (Phi) is 10.1. The van der Waals surface area contributed by atoms with Crippen molar-refractivity contribution < 1.29 is 23.9 Å². The Morgan fingerprint density at radius 3 is 2.24 bits per heavy atom. The SMILES string of the molecule is CCC1=C(C)C2=NC1=CC1=C(C)C3=C(O)CC(=C4C[C@H](C)C(=C(c5cc[n+](CCOCCOCCOC)cc5)C5=NC(=C2)C(CC)=C5C)N4)C3=N1. The number of aromatic nitrogens is 1. The summed E-state index contributed by atoms with van der Waals surface area (Å²) in [5, 5.41) is 15.2. The second-order valence-corrected chi connectivity index (χ2v) is 13.9. The number of methoxy groups -OCH3 is 1. The summed E-state index contributed by atoms with van der Waals surface area (Å²) >= 11 is 0. The lowest BCUT2D eigenvalue weighted by atomic mass is 9.90. The third-order valence-electron chi connectivity index (χ3n) is 10.8. The molecular formula is C42H50N5O4+. The summed E-state index contributed by atoms with van der Waals surface area (Å²) in [6, 6.07) is 4.38. The van der Waals surface area contributed by atoms with Crippen molar-refractivity contribution in [2.75, 3.05) is 40.1 Å². The number of aliphatic hydroxyl groups excluding tert-OH is 1. The van der Waals surface area contributed by atoms with Gasteiger partial charge in [-0.15, -0.1) is 0 Å².